The van der Waals surface area contributed by atoms with Gasteiger partial charge >= 0.3 is 0 Å². The van der Waals surface area contributed by atoms with Gasteiger partial charge < -0.3 is 10.3 Å². The maximum absolute atomic E-state index is 13.6. The summed E-state index contributed by atoms with van der Waals surface area (Å²) in [5.41, 5.74) is 0.268. The van der Waals surface area contributed by atoms with Gasteiger partial charge in [0.15, 0.2) is 0 Å². The van der Waals surface area contributed by atoms with Crippen molar-refractivity contribution in [2.75, 3.05) is 5.32 Å². The molecule has 22 heavy (non-hydrogen) atoms. The smallest absolute Gasteiger partial charge is 0.256 e. The molecule has 0 saturated carbocycles. The molecular formula is C13H8FN7O. The molecule has 1 aromatic carbocycles. The van der Waals surface area contributed by atoms with Crippen LogP contribution < -0.4 is 10.9 Å². The van der Waals surface area contributed by atoms with E-state index < -0.39 is 11.4 Å². The molecule has 8 nitrogen and oxygen atoms in total. The van der Waals surface area contributed by atoms with Gasteiger partial charge in [-0.05, 0) is 23.4 Å². The van der Waals surface area contributed by atoms with Crippen LogP contribution in [0.15, 0.2) is 35.4 Å². The van der Waals surface area contributed by atoms with Crippen molar-refractivity contribution >= 4 is 22.0 Å². The average molecular weight is 297 g/mol. The van der Waals surface area contributed by atoms with Crippen molar-refractivity contribution in [2.24, 2.45) is 0 Å². The molecule has 0 saturated heterocycles. The van der Waals surface area contributed by atoms with Crippen molar-refractivity contribution in [3.63, 3.8) is 0 Å². The van der Waals surface area contributed by atoms with Gasteiger partial charge in [0.1, 0.15) is 17.5 Å². The van der Waals surface area contributed by atoms with Crippen LogP contribution in [-0.2, 0) is 0 Å². The van der Waals surface area contributed by atoms with E-state index in [4.69, 9.17) is 5.26 Å². The molecule has 108 valence electrons. The quantitative estimate of drug-likeness (QED) is 0.623. The molecule has 0 spiro atoms. The first-order chi connectivity index (χ1) is 10.7. The molecule has 0 fully saturated rings. The molecular weight excluding hydrogens is 289 g/mol. The number of halogens is 1. The molecule has 3 N–H and O–H groups in total. The van der Waals surface area contributed by atoms with Crippen molar-refractivity contribution in [1.29, 1.82) is 5.26 Å². The number of hydrogen-bond acceptors (Lipinski definition) is 6. The first-order valence-electron chi connectivity index (χ1n) is 6.10. The summed E-state index contributed by atoms with van der Waals surface area (Å²) in [5, 5.41) is 25.3. The number of nitriles is 1. The summed E-state index contributed by atoms with van der Waals surface area (Å²) >= 11 is 0. The van der Waals surface area contributed by atoms with Crippen LogP contribution in [0.3, 0.4) is 0 Å². The number of aromatic amines is 2. The summed E-state index contributed by atoms with van der Waals surface area (Å²) in [7, 11) is 0. The molecule has 0 amide bonds. The number of pyridine rings is 1. The van der Waals surface area contributed by atoms with E-state index in [1.807, 2.05) is 6.07 Å². The fraction of sp³-hybridized carbons (Fsp3) is 0. The van der Waals surface area contributed by atoms with Crippen molar-refractivity contribution in [3.8, 4) is 6.07 Å². The predicted octanol–water partition coefficient (Wildman–Crippen LogP) is 1.16. The fourth-order valence-corrected chi connectivity index (χ4v) is 1.89. The summed E-state index contributed by atoms with van der Waals surface area (Å²) in [5.74, 6) is -0.374. The van der Waals surface area contributed by atoms with Crippen LogP contribution in [0.5, 0.6) is 0 Å². The third-order valence-electron chi connectivity index (χ3n) is 2.94. The lowest BCUT2D eigenvalue weighted by molar-refractivity contribution is 0.633. The van der Waals surface area contributed by atoms with Crippen LogP contribution in [0.1, 0.15) is 5.82 Å². The standard InChI is InChI=1S/C13H8FN7O/c14-11-6-17-13(22)10-3-8(1-2-9(10)11)16-5-7(4-15)12-18-20-21-19-12/h1-3,5-6,16H,(H,17,22)(H,18,19,20,21). The fourth-order valence-electron chi connectivity index (χ4n) is 1.89. The molecule has 0 radical (unpaired) electrons. The monoisotopic (exact) mass is 297 g/mol. The second-order valence-corrected chi connectivity index (χ2v) is 4.28. The maximum Gasteiger partial charge on any atom is 0.256 e. The van der Waals surface area contributed by atoms with Crippen LogP contribution in [0.25, 0.3) is 16.3 Å². The van der Waals surface area contributed by atoms with Crippen LogP contribution >= 0.6 is 0 Å². The van der Waals surface area contributed by atoms with Crippen LogP contribution in [0.2, 0.25) is 0 Å². The molecule has 0 aliphatic rings. The highest BCUT2D eigenvalue weighted by Crippen LogP contribution is 2.19. The molecule has 3 aromatic rings. The lowest BCUT2D eigenvalue weighted by Gasteiger charge is -2.04. The third kappa shape index (κ3) is 2.40. The third-order valence-corrected chi connectivity index (χ3v) is 2.94. The topological polar surface area (TPSA) is 123 Å². The normalized spacial score (nSPS) is 11.4. The summed E-state index contributed by atoms with van der Waals surface area (Å²) in [6.45, 7) is 0. The van der Waals surface area contributed by atoms with E-state index in [0.717, 1.165) is 6.20 Å². The maximum atomic E-state index is 13.6. The Morgan fingerprint density at radius 3 is 3.00 bits per heavy atom. The number of aromatic nitrogens is 5. The van der Waals surface area contributed by atoms with Crippen molar-refractivity contribution in [3.05, 3.63) is 52.6 Å². The molecule has 2 heterocycles. The number of allylic oxidation sites excluding steroid dienone is 1. The highest BCUT2D eigenvalue weighted by molar-refractivity contribution is 5.86. The molecule has 0 aliphatic heterocycles. The predicted molar refractivity (Wildman–Crippen MR) is 75.9 cm³/mol. The lowest BCUT2D eigenvalue weighted by Crippen LogP contribution is -2.06. The Morgan fingerprint density at radius 2 is 2.27 bits per heavy atom. The van der Waals surface area contributed by atoms with Crippen molar-refractivity contribution in [2.45, 2.75) is 0 Å². The Kier molecular flexibility index (Phi) is 3.33. The number of tetrazole rings is 1. The van der Waals surface area contributed by atoms with Gasteiger partial charge in [-0.2, -0.15) is 10.5 Å². The summed E-state index contributed by atoms with van der Waals surface area (Å²) in [6, 6.07) is 6.48. The zero-order chi connectivity index (χ0) is 15.5. The van der Waals surface area contributed by atoms with Gasteiger partial charge in [0.05, 0.1) is 5.39 Å². The SMILES string of the molecule is N#CC(=CNc1ccc2c(F)c[nH]c(=O)c2c1)c1nn[nH]n1. The van der Waals surface area contributed by atoms with Crippen LogP contribution in [0.4, 0.5) is 10.1 Å². The summed E-state index contributed by atoms with van der Waals surface area (Å²) in [6.07, 6.45) is 2.39. The van der Waals surface area contributed by atoms with Gasteiger partial charge in [-0.25, -0.2) is 4.39 Å². The Hall–Kier alpha value is -3.54. The Labute approximate surface area is 122 Å². The van der Waals surface area contributed by atoms with E-state index >= 15 is 0 Å². The number of rotatable bonds is 3. The first kappa shape index (κ1) is 13.4. The first-order valence-corrected chi connectivity index (χ1v) is 6.10. The zero-order valence-corrected chi connectivity index (χ0v) is 11.0. The van der Waals surface area contributed by atoms with E-state index in [1.165, 1.54) is 18.3 Å². The van der Waals surface area contributed by atoms with Crippen LogP contribution in [0, 0.1) is 17.1 Å². The number of H-pyrrole nitrogens is 2. The molecule has 0 bridgehead atoms. The van der Waals surface area contributed by atoms with E-state index in [0.29, 0.717) is 5.69 Å². The van der Waals surface area contributed by atoms with Gasteiger partial charge in [-0.15, -0.1) is 10.2 Å². The largest absolute Gasteiger partial charge is 0.360 e. The second-order valence-electron chi connectivity index (χ2n) is 4.28. The highest BCUT2D eigenvalue weighted by atomic mass is 19.1. The van der Waals surface area contributed by atoms with Crippen molar-refractivity contribution in [1.82, 2.24) is 25.6 Å². The van der Waals surface area contributed by atoms with E-state index in [-0.39, 0.29) is 22.2 Å². The lowest BCUT2D eigenvalue weighted by atomic mass is 10.1. The minimum atomic E-state index is -0.513. The van der Waals surface area contributed by atoms with Gasteiger partial charge in [0, 0.05) is 23.5 Å². The molecule has 0 unspecified atom stereocenters. The number of nitrogens with zero attached hydrogens (tertiary/aromatic N) is 4. The van der Waals surface area contributed by atoms with Gasteiger partial charge in [-0.3, -0.25) is 4.79 Å². The molecule has 9 heteroatoms. The Bertz CT molecular complexity index is 953. The molecule has 0 aliphatic carbocycles. The minimum absolute atomic E-state index is 0.139. The summed E-state index contributed by atoms with van der Waals surface area (Å²) < 4.78 is 13.6. The Morgan fingerprint density at radius 1 is 1.41 bits per heavy atom. The van der Waals surface area contributed by atoms with E-state index in [1.54, 1.807) is 6.07 Å². The highest BCUT2D eigenvalue weighted by Gasteiger charge is 2.07. The average Bonchev–Trinajstić information content (AvgIpc) is 3.06. The zero-order valence-electron chi connectivity index (χ0n) is 11.0. The van der Waals surface area contributed by atoms with Gasteiger partial charge in [0.2, 0.25) is 5.82 Å². The Balaban J connectivity index is 1.97. The van der Waals surface area contributed by atoms with Gasteiger partial charge in [0.25, 0.3) is 5.56 Å². The number of fused-ring (bicyclic) bond motifs is 1. The van der Waals surface area contributed by atoms with E-state index in [2.05, 4.69) is 30.9 Å². The van der Waals surface area contributed by atoms with Crippen molar-refractivity contribution < 1.29 is 4.39 Å². The molecule has 3 rings (SSSR count). The minimum Gasteiger partial charge on any atom is -0.360 e. The molecule has 2 aromatic heterocycles. The number of hydrogen-bond donors (Lipinski definition) is 3. The van der Waals surface area contributed by atoms with Crippen LogP contribution in [-0.4, -0.2) is 25.6 Å². The summed E-state index contributed by atoms with van der Waals surface area (Å²) in [4.78, 5) is 14.0. The number of anilines is 1. The van der Waals surface area contributed by atoms with E-state index in [9.17, 15) is 9.18 Å². The number of benzene rings is 1. The second kappa shape index (κ2) is 5.45. The van der Waals surface area contributed by atoms with Gasteiger partial charge in [-0.1, -0.05) is 0 Å². The number of nitrogens with one attached hydrogen (secondary N) is 3. The molecule has 0 atom stereocenters.